The minimum Gasteiger partial charge on any atom is -0.481 e. The van der Waals surface area contributed by atoms with Gasteiger partial charge in [0.25, 0.3) is 0 Å². The minimum absolute atomic E-state index is 0.0707. The maximum Gasteiger partial charge on any atom is 0.218 e. The van der Waals surface area contributed by atoms with Crippen LogP contribution in [-0.2, 0) is 5.41 Å². The Balaban J connectivity index is 3.11. The average Bonchev–Trinajstić information content (AvgIpc) is 2.16. The van der Waals surface area contributed by atoms with Gasteiger partial charge in [-0.1, -0.05) is 20.8 Å². The van der Waals surface area contributed by atoms with Crippen molar-refractivity contribution in [2.24, 2.45) is 0 Å². The Morgan fingerprint density at radius 3 is 2.47 bits per heavy atom. The highest BCUT2D eigenvalue weighted by Crippen LogP contribution is 2.22. The van der Waals surface area contributed by atoms with Gasteiger partial charge in [0.05, 0.1) is 7.11 Å². The fourth-order valence-corrected chi connectivity index (χ4v) is 1.14. The van der Waals surface area contributed by atoms with E-state index in [1.165, 1.54) is 0 Å². The highest BCUT2D eigenvalue weighted by Gasteiger charge is 2.19. The molecule has 0 bridgehead atoms. The zero-order valence-corrected chi connectivity index (χ0v) is 10.1. The molecule has 84 valence electrons. The number of hydrogen-bond acceptors (Lipinski definition) is 4. The Hall–Kier alpha value is -1.32. The van der Waals surface area contributed by atoms with Crippen molar-refractivity contribution in [1.29, 1.82) is 0 Å². The van der Waals surface area contributed by atoms with E-state index in [9.17, 15) is 0 Å². The number of nitrogens with one attached hydrogen (secondary N) is 1. The SMILES string of the molecule is CCNc1cc(OC)nc(C(C)(C)C)n1. The summed E-state index contributed by atoms with van der Waals surface area (Å²) < 4.78 is 5.15. The van der Waals surface area contributed by atoms with Crippen molar-refractivity contribution >= 4 is 5.82 Å². The van der Waals surface area contributed by atoms with Crippen LogP contribution in [0.4, 0.5) is 5.82 Å². The second-order valence-corrected chi connectivity index (χ2v) is 4.40. The van der Waals surface area contributed by atoms with Crippen molar-refractivity contribution in [3.63, 3.8) is 0 Å². The van der Waals surface area contributed by atoms with Crippen LogP contribution in [0.2, 0.25) is 0 Å². The molecule has 1 heterocycles. The molecule has 1 aromatic rings. The third-order valence-corrected chi connectivity index (χ3v) is 1.94. The molecule has 0 unspecified atom stereocenters. The number of rotatable bonds is 3. The van der Waals surface area contributed by atoms with Gasteiger partial charge < -0.3 is 10.1 Å². The van der Waals surface area contributed by atoms with Gasteiger partial charge in [-0.3, -0.25) is 0 Å². The topological polar surface area (TPSA) is 47.0 Å². The predicted molar refractivity (Wildman–Crippen MR) is 61.4 cm³/mol. The van der Waals surface area contributed by atoms with E-state index in [1.807, 2.05) is 6.92 Å². The highest BCUT2D eigenvalue weighted by molar-refractivity contribution is 5.39. The zero-order chi connectivity index (χ0) is 11.5. The summed E-state index contributed by atoms with van der Waals surface area (Å²) in [5, 5.41) is 3.16. The van der Waals surface area contributed by atoms with Crippen LogP contribution in [0.15, 0.2) is 6.07 Å². The van der Waals surface area contributed by atoms with Crippen molar-refractivity contribution in [3.8, 4) is 5.88 Å². The lowest BCUT2D eigenvalue weighted by Crippen LogP contribution is -2.17. The Labute approximate surface area is 91.1 Å². The third kappa shape index (κ3) is 3.08. The normalized spacial score (nSPS) is 11.3. The number of aromatic nitrogens is 2. The van der Waals surface area contributed by atoms with E-state index in [0.717, 1.165) is 18.2 Å². The predicted octanol–water partition coefficient (Wildman–Crippen LogP) is 2.21. The number of hydrogen-bond donors (Lipinski definition) is 1. The molecule has 0 aliphatic carbocycles. The van der Waals surface area contributed by atoms with E-state index in [-0.39, 0.29) is 5.41 Å². The summed E-state index contributed by atoms with van der Waals surface area (Å²) in [7, 11) is 1.62. The molecule has 0 aromatic carbocycles. The monoisotopic (exact) mass is 209 g/mol. The maximum atomic E-state index is 5.15. The van der Waals surface area contributed by atoms with Gasteiger partial charge in [-0.2, -0.15) is 4.98 Å². The van der Waals surface area contributed by atoms with E-state index in [4.69, 9.17) is 4.74 Å². The first-order valence-corrected chi connectivity index (χ1v) is 5.14. The van der Waals surface area contributed by atoms with E-state index in [2.05, 4.69) is 36.1 Å². The minimum atomic E-state index is -0.0707. The molecule has 1 N–H and O–H groups in total. The molecule has 1 rings (SSSR count). The van der Waals surface area contributed by atoms with Crippen molar-refractivity contribution in [1.82, 2.24) is 9.97 Å². The maximum absolute atomic E-state index is 5.15. The van der Waals surface area contributed by atoms with Gasteiger partial charge in [0.1, 0.15) is 11.6 Å². The van der Waals surface area contributed by atoms with E-state index in [1.54, 1.807) is 13.2 Å². The first kappa shape index (κ1) is 11.8. The largest absolute Gasteiger partial charge is 0.481 e. The number of anilines is 1. The first-order valence-electron chi connectivity index (χ1n) is 5.14. The second kappa shape index (κ2) is 4.47. The third-order valence-electron chi connectivity index (χ3n) is 1.94. The Bertz CT molecular complexity index is 331. The summed E-state index contributed by atoms with van der Waals surface area (Å²) in [5.74, 6) is 2.21. The molecule has 0 fully saturated rings. The van der Waals surface area contributed by atoms with Crippen LogP contribution in [0, 0.1) is 0 Å². The average molecular weight is 209 g/mol. The van der Waals surface area contributed by atoms with Gasteiger partial charge in [-0.25, -0.2) is 4.98 Å². The smallest absolute Gasteiger partial charge is 0.218 e. The van der Waals surface area contributed by atoms with Gasteiger partial charge in [0, 0.05) is 18.0 Å². The summed E-state index contributed by atoms with van der Waals surface area (Å²) in [6.45, 7) is 9.11. The van der Waals surface area contributed by atoms with Gasteiger partial charge in [0.15, 0.2) is 0 Å². The molecule has 0 aliphatic heterocycles. The first-order chi connectivity index (χ1) is 6.97. The van der Waals surface area contributed by atoms with Crippen LogP contribution in [0.3, 0.4) is 0 Å². The standard InChI is InChI=1S/C11H19N3O/c1-6-12-8-7-9(15-5)14-10(13-8)11(2,3)4/h7H,6H2,1-5H3,(H,12,13,14). The Morgan fingerprint density at radius 2 is 2.00 bits per heavy atom. The molecular formula is C11H19N3O. The van der Waals surface area contributed by atoms with E-state index in [0.29, 0.717) is 5.88 Å². The number of nitrogens with zero attached hydrogens (tertiary/aromatic N) is 2. The molecule has 0 radical (unpaired) electrons. The summed E-state index contributed by atoms with van der Waals surface area (Å²) >= 11 is 0. The van der Waals surface area contributed by atoms with Gasteiger partial charge in [-0.15, -0.1) is 0 Å². The zero-order valence-electron chi connectivity index (χ0n) is 10.1. The molecule has 1 aromatic heterocycles. The quantitative estimate of drug-likeness (QED) is 0.829. The van der Waals surface area contributed by atoms with Crippen LogP contribution in [0.5, 0.6) is 5.88 Å². The second-order valence-electron chi connectivity index (χ2n) is 4.40. The van der Waals surface area contributed by atoms with Crippen LogP contribution in [0.25, 0.3) is 0 Å². The van der Waals surface area contributed by atoms with Crippen molar-refractivity contribution < 1.29 is 4.74 Å². The lowest BCUT2D eigenvalue weighted by atomic mass is 9.96. The number of methoxy groups -OCH3 is 1. The molecule has 0 aliphatic rings. The van der Waals surface area contributed by atoms with Crippen LogP contribution < -0.4 is 10.1 Å². The van der Waals surface area contributed by atoms with Crippen LogP contribution in [-0.4, -0.2) is 23.6 Å². The molecule has 15 heavy (non-hydrogen) atoms. The van der Waals surface area contributed by atoms with Crippen LogP contribution in [0.1, 0.15) is 33.5 Å². The molecule has 0 atom stereocenters. The summed E-state index contributed by atoms with van der Waals surface area (Å²) in [5.41, 5.74) is -0.0707. The summed E-state index contributed by atoms with van der Waals surface area (Å²) in [6, 6.07) is 1.80. The molecule has 0 saturated carbocycles. The highest BCUT2D eigenvalue weighted by atomic mass is 16.5. The molecule has 4 nitrogen and oxygen atoms in total. The lowest BCUT2D eigenvalue weighted by molar-refractivity contribution is 0.389. The van der Waals surface area contributed by atoms with Gasteiger partial charge in [0.2, 0.25) is 5.88 Å². The van der Waals surface area contributed by atoms with E-state index >= 15 is 0 Å². The van der Waals surface area contributed by atoms with Crippen LogP contribution >= 0.6 is 0 Å². The molecule has 0 spiro atoms. The lowest BCUT2D eigenvalue weighted by Gasteiger charge is -2.18. The Kier molecular flexibility index (Phi) is 3.50. The van der Waals surface area contributed by atoms with Crippen molar-refractivity contribution in [2.45, 2.75) is 33.1 Å². The van der Waals surface area contributed by atoms with Gasteiger partial charge in [-0.05, 0) is 6.92 Å². The molecule has 0 saturated heterocycles. The van der Waals surface area contributed by atoms with Crippen molar-refractivity contribution in [3.05, 3.63) is 11.9 Å². The van der Waals surface area contributed by atoms with Crippen molar-refractivity contribution in [2.75, 3.05) is 19.0 Å². The molecular weight excluding hydrogens is 190 g/mol. The molecule has 0 amide bonds. The van der Waals surface area contributed by atoms with Gasteiger partial charge >= 0.3 is 0 Å². The summed E-state index contributed by atoms with van der Waals surface area (Å²) in [6.07, 6.45) is 0. The summed E-state index contributed by atoms with van der Waals surface area (Å²) in [4.78, 5) is 8.77. The number of ether oxygens (including phenoxy) is 1. The fraction of sp³-hybridized carbons (Fsp3) is 0.636. The van der Waals surface area contributed by atoms with E-state index < -0.39 is 0 Å². The fourth-order valence-electron chi connectivity index (χ4n) is 1.14. The molecule has 4 heteroatoms. The Morgan fingerprint density at radius 1 is 1.33 bits per heavy atom.